The highest BCUT2D eigenvalue weighted by molar-refractivity contribution is 6.34. The van der Waals surface area contributed by atoms with Crippen LogP contribution in [0, 0.1) is 0 Å². The normalized spacial score (nSPS) is 10.1. The van der Waals surface area contributed by atoms with Gasteiger partial charge < -0.3 is 9.47 Å². The molecule has 2 rings (SSSR count). The van der Waals surface area contributed by atoms with Gasteiger partial charge in [-0.2, -0.15) is 0 Å². The van der Waals surface area contributed by atoms with Crippen LogP contribution in [0.5, 0.6) is 11.6 Å². The quantitative estimate of drug-likeness (QED) is 0.804. The molecule has 0 unspecified atom stereocenters. The van der Waals surface area contributed by atoms with E-state index in [1.165, 1.54) is 25.4 Å². The molecule has 0 atom stereocenters. The lowest BCUT2D eigenvalue weighted by molar-refractivity contribution is 0.0600. The first kappa shape index (κ1) is 13.6. The Morgan fingerprint density at radius 1 is 1.21 bits per heavy atom. The molecule has 2 aromatic rings. The molecule has 0 spiro atoms. The Hall–Kier alpha value is -1.78. The molecule has 1 aromatic carbocycles. The summed E-state index contributed by atoms with van der Waals surface area (Å²) < 4.78 is 10.1. The predicted octanol–water partition coefficient (Wildman–Crippen LogP) is 3.97. The number of carbonyl (C=O) groups is 1. The highest BCUT2D eigenvalue weighted by Gasteiger charge is 2.09. The molecule has 98 valence electrons. The van der Waals surface area contributed by atoms with Gasteiger partial charge >= 0.3 is 5.97 Å². The maximum atomic E-state index is 11.4. The molecule has 0 amide bonds. The Bertz CT molecular complexity index is 617. The first-order valence-electron chi connectivity index (χ1n) is 5.27. The summed E-state index contributed by atoms with van der Waals surface area (Å²) in [4.78, 5) is 15.4. The van der Waals surface area contributed by atoms with Gasteiger partial charge in [0.05, 0.1) is 17.7 Å². The van der Waals surface area contributed by atoms with E-state index in [-0.39, 0.29) is 5.88 Å². The number of carbonyl (C=O) groups excluding carboxylic acids is 1. The molecule has 0 aliphatic heterocycles. The van der Waals surface area contributed by atoms with Crippen LogP contribution >= 0.6 is 23.2 Å². The lowest BCUT2D eigenvalue weighted by Gasteiger charge is -2.07. The molecule has 0 saturated heterocycles. The smallest absolute Gasteiger partial charge is 0.338 e. The van der Waals surface area contributed by atoms with Crippen LogP contribution in [0.4, 0.5) is 0 Å². The van der Waals surface area contributed by atoms with Crippen LogP contribution in [0.1, 0.15) is 10.4 Å². The average Bonchev–Trinajstić information content (AvgIpc) is 2.42. The highest BCUT2D eigenvalue weighted by atomic mass is 35.5. The number of nitrogens with zero attached hydrogens (tertiary/aromatic N) is 1. The maximum absolute atomic E-state index is 11.4. The molecule has 0 radical (unpaired) electrons. The third-order valence-corrected chi connectivity index (χ3v) is 2.81. The first-order valence-corrected chi connectivity index (χ1v) is 6.03. The van der Waals surface area contributed by atoms with E-state index in [0.29, 0.717) is 21.4 Å². The van der Waals surface area contributed by atoms with Crippen molar-refractivity contribution in [3.8, 4) is 11.6 Å². The van der Waals surface area contributed by atoms with Crippen LogP contribution in [0.3, 0.4) is 0 Å². The van der Waals surface area contributed by atoms with Crippen LogP contribution in [-0.4, -0.2) is 18.1 Å². The fraction of sp³-hybridized carbons (Fsp3) is 0.0769. The number of ether oxygens (including phenoxy) is 2. The van der Waals surface area contributed by atoms with E-state index in [0.717, 1.165) is 0 Å². The van der Waals surface area contributed by atoms with Gasteiger partial charge in [0, 0.05) is 23.4 Å². The van der Waals surface area contributed by atoms with Crippen molar-refractivity contribution >= 4 is 29.2 Å². The number of hydrogen-bond acceptors (Lipinski definition) is 4. The zero-order valence-electron chi connectivity index (χ0n) is 9.89. The van der Waals surface area contributed by atoms with Gasteiger partial charge in [-0.15, -0.1) is 0 Å². The minimum Gasteiger partial charge on any atom is -0.465 e. The Kier molecular flexibility index (Phi) is 4.24. The van der Waals surface area contributed by atoms with Crippen molar-refractivity contribution < 1.29 is 14.3 Å². The Balaban J connectivity index is 2.28. The zero-order valence-corrected chi connectivity index (χ0v) is 11.4. The van der Waals surface area contributed by atoms with Crippen molar-refractivity contribution in [1.29, 1.82) is 0 Å². The van der Waals surface area contributed by atoms with E-state index < -0.39 is 5.97 Å². The zero-order chi connectivity index (χ0) is 13.8. The van der Waals surface area contributed by atoms with E-state index in [4.69, 9.17) is 27.9 Å². The van der Waals surface area contributed by atoms with Crippen LogP contribution in [0.15, 0.2) is 36.5 Å². The van der Waals surface area contributed by atoms with Crippen molar-refractivity contribution in [1.82, 2.24) is 4.98 Å². The number of benzene rings is 1. The van der Waals surface area contributed by atoms with Crippen LogP contribution in [0.2, 0.25) is 10.0 Å². The van der Waals surface area contributed by atoms with Gasteiger partial charge in [0.25, 0.3) is 0 Å². The monoisotopic (exact) mass is 297 g/mol. The van der Waals surface area contributed by atoms with Gasteiger partial charge in [-0.25, -0.2) is 9.78 Å². The number of hydrogen-bond donors (Lipinski definition) is 0. The number of pyridine rings is 1. The van der Waals surface area contributed by atoms with Crippen molar-refractivity contribution in [3.05, 3.63) is 52.1 Å². The molecule has 0 N–H and O–H groups in total. The maximum Gasteiger partial charge on any atom is 0.338 e. The molecule has 0 aliphatic carbocycles. The minimum atomic E-state index is -0.468. The first-order chi connectivity index (χ1) is 9.10. The Morgan fingerprint density at radius 3 is 2.74 bits per heavy atom. The van der Waals surface area contributed by atoms with Gasteiger partial charge in [-0.1, -0.05) is 23.2 Å². The van der Waals surface area contributed by atoms with E-state index in [2.05, 4.69) is 9.72 Å². The fourth-order valence-corrected chi connectivity index (χ4v) is 1.70. The molecule has 0 saturated carbocycles. The lowest BCUT2D eigenvalue weighted by Crippen LogP contribution is -2.01. The van der Waals surface area contributed by atoms with Crippen molar-refractivity contribution in [3.63, 3.8) is 0 Å². The standard InChI is InChI=1S/C13H9Cl2NO3/c1-18-13(17)8-4-5-16-12(6-8)19-11-7-9(14)2-3-10(11)15/h2-7H,1H3. The summed E-state index contributed by atoms with van der Waals surface area (Å²) in [6.07, 6.45) is 1.44. The van der Waals surface area contributed by atoms with Crippen LogP contribution in [-0.2, 0) is 4.74 Å². The van der Waals surface area contributed by atoms with Crippen molar-refractivity contribution in [2.45, 2.75) is 0 Å². The molecule has 4 nitrogen and oxygen atoms in total. The minimum absolute atomic E-state index is 0.229. The van der Waals surface area contributed by atoms with Crippen molar-refractivity contribution in [2.75, 3.05) is 7.11 Å². The Labute approximate surface area is 119 Å². The van der Waals surface area contributed by atoms with Gasteiger partial charge in [0.15, 0.2) is 0 Å². The SMILES string of the molecule is COC(=O)c1ccnc(Oc2cc(Cl)ccc2Cl)c1. The fourth-order valence-electron chi connectivity index (χ4n) is 1.38. The topological polar surface area (TPSA) is 48.4 Å². The third-order valence-electron chi connectivity index (χ3n) is 2.26. The molecule has 19 heavy (non-hydrogen) atoms. The predicted molar refractivity (Wildman–Crippen MR) is 72.1 cm³/mol. The molecule has 0 fully saturated rings. The summed E-state index contributed by atoms with van der Waals surface area (Å²) in [5.74, 6) is 0.125. The van der Waals surface area contributed by atoms with Crippen LogP contribution < -0.4 is 4.74 Å². The summed E-state index contributed by atoms with van der Waals surface area (Å²) in [7, 11) is 1.30. The van der Waals surface area contributed by atoms with Gasteiger partial charge in [0.2, 0.25) is 5.88 Å². The third kappa shape index (κ3) is 3.36. The summed E-state index contributed by atoms with van der Waals surface area (Å²) in [6, 6.07) is 7.82. The molecule has 1 heterocycles. The second-order valence-corrected chi connectivity index (χ2v) is 4.39. The molecular formula is C13H9Cl2NO3. The summed E-state index contributed by atoms with van der Waals surface area (Å²) in [6.45, 7) is 0. The van der Waals surface area contributed by atoms with Gasteiger partial charge in [-0.3, -0.25) is 0 Å². The van der Waals surface area contributed by atoms with Gasteiger partial charge in [-0.05, 0) is 18.2 Å². The number of esters is 1. The summed E-state index contributed by atoms with van der Waals surface area (Å²) >= 11 is 11.8. The molecule has 1 aromatic heterocycles. The average molecular weight is 298 g/mol. The van der Waals surface area contributed by atoms with E-state index in [1.807, 2.05) is 0 Å². The second-order valence-electron chi connectivity index (χ2n) is 3.55. The molecule has 0 aliphatic rings. The van der Waals surface area contributed by atoms with Crippen molar-refractivity contribution in [2.24, 2.45) is 0 Å². The highest BCUT2D eigenvalue weighted by Crippen LogP contribution is 2.31. The van der Waals surface area contributed by atoms with E-state index in [9.17, 15) is 4.79 Å². The lowest BCUT2D eigenvalue weighted by atomic mass is 10.3. The van der Waals surface area contributed by atoms with E-state index in [1.54, 1.807) is 18.2 Å². The molecular weight excluding hydrogens is 289 g/mol. The summed E-state index contributed by atoms with van der Waals surface area (Å²) in [5.41, 5.74) is 0.339. The molecule has 0 bridgehead atoms. The molecule has 6 heteroatoms. The number of methoxy groups -OCH3 is 1. The summed E-state index contributed by atoms with van der Waals surface area (Å²) in [5, 5.41) is 0.887. The number of rotatable bonds is 3. The number of halogens is 2. The van der Waals surface area contributed by atoms with Gasteiger partial charge in [0.1, 0.15) is 5.75 Å². The van der Waals surface area contributed by atoms with E-state index >= 15 is 0 Å². The second kappa shape index (κ2) is 5.91. The Morgan fingerprint density at radius 2 is 2.00 bits per heavy atom. The number of aromatic nitrogens is 1. The largest absolute Gasteiger partial charge is 0.465 e. The van der Waals surface area contributed by atoms with Crippen LogP contribution in [0.25, 0.3) is 0 Å².